The summed E-state index contributed by atoms with van der Waals surface area (Å²) in [7, 11) is 1.76. The van der Waals surface area contributed by atoms with E-state index in [-0.39, 0.29) is 17.2 Å². The number of hydrogen-bond acceptors (Lipinski definition) is 3. The van der Waals surface area contributed by atoms with Crippen LogP contribution in [0.15, 0.2) is 0 Å². The van der Waals surface area contributed by atoms with E-state index in [1.54, 1.807) is 7.11 Å². The minimum Gasteiger partial charge on any atom is -0.379 e. The van der Waals surface area contributed by atoms with E-state index in [9.17, 15) is 0 Å². The summed E-state index contributed by atoms with van der Waals surface area (Å²) in [5, 5.41) is 0. The second-order valence-electron chi connectivity index (χ2n) is 5.93. The molecule has 0 aromatic carbocycles. The molecule has 3 heteroatoms. The lowest BCUT2D eigenvalue weighted by Crippen LogP contribution is -2.56. The zero-order valence-electron chi connectivity index (χ0n) is 12.8. The topological polar surface area (TPSA) is 38.5 Å². The van der Waals surface area contributed by atoms with Crippen LogP contribution < -0.4 is 5.73 Å². The Morgan fingerprint density at radius 3 is 1.94 bits per heavy atom. The maximum atomic E-state index is 6.37. The summed E-state index contributed by atoms with van der Waals surface area (Å²) in [4.78, 5) is 2.43. The van der Waals surface area contributed by atoms with Gasteiger partial charge in [-0.25, -0.2) is 0 Å². The Hall–Kier alpha value is -0.120. The van der Waals surface area contributed by atoms with Crippen LogP contribution in [0.25, 0.3) is 0 Å². The number of rotatable bonds is 8. The molecule has 0 saturated carbocycles. The molecule has 17 heavy (non-hydrogen) atoms. The first-order valence-corrected chi connectivity index (χ1v) is 6.77. The van der Waals surface area contributed by atoms with Gasteiger partial charge in [0.05, 0.1) is 5.60 Å². The Morgan fingerprint density at radius 1 is 1.12 bits per heavy atom. The van der Waals surface area contributed by atoms with Gasteiger partial charge in [0.15, 0.2) is 0 Å². The van der Waals surface area contributed by atoms with Crippen molar-refractivity contribution in [2.75, 3.05) is 20.2 Å². The smallest absolute Gasteiger partial charge is 0.0623 e. The molecule has 0 aliphatic carbocycles. The molecule has 0 saturated heterocycles. The third kappa shape index (κ3) is 4.94. The van der Waals surface area contributed by atoms with Gasteiger partial charge in [0.1, 0.15) is 0 Å². The third-order valence-corrected chi connectivity index (χ3v) is 4.10. The fourth-order valence-electron chi connectivity index (χ4n) is 2.23. The third-order valence-electron chi connectivity index (χ3n) is 4.10. The van der Waals surface area contributed by atoms with Gasteiger partial charge in [-0.3, -0.25) is 4.90 Å². The normalized spacial score (nSPS) is 15.4. The molecule has 0 aromatic heterocycles. The van der Waals surface area contributed by atoms with Crippen LogP contribution in [0.1, 0.15) is 54.4 Å². The van der Waals surface area contributed by atoms with E-state index in [1.807, 2.05) is 0 Å². The number of nitrogens with two attached hydrogens (primary N) is 1. The molecule has 1 unspecified atom stereocenters. The van der Waals surface area contributed by atoms with Crippen LogP contribution in [0.2, 0.25) is 0 Å². The van der Waals surface area contributed by atoms with Crippen molar-refractivity contribution < 1.29 is 4.74 Å². The number of nitrogens with zero attached hydrogens (tertiary/aromatic N) is 1. The predicted molar refractivity (Wildman–Crippen MR) is 75.3 cm³/mol. The Labute approximate surface area is 108 Å². The van der Waals surface area contributed by atoms with Crippen LogP contribution in [0.3, 0.4) is 0 Å². The molecule has 0 aliphatic heterocycles. The first kappa shape index (κ1) is 16.9. The molecule has 0 rings (SSSR count). The molecular weight excluding hydrogens is 212 g/mol. The van der Waals surface area contributed by atoms with Crippen LogP contribution in [0.4, 0.5) is 0 Å². The fraction of sp³-hybridized carbons (Fsp3) is 1.00. The Kier molecular flexibility index (Phi) is 6.67. The van der Waals surface area contributed by atoms with Gasteiger partial charge < -0.3 is 10.5 Å². The average molecular weight is 244 g/mol. The standard InChI is InChI=1S/C14H32N2O/c1-8-16(9-2)14(5,6)12(15)10-11-13(3,4)17-7/h12H,8-11,15H2,1-7H3. The largest absolute Gasteiger partial charge is 0.379 e. The van der Waals surface area contributed by atoms with Crippen LogP contribution in [-0.2, 0) is 4.74 Å². The molecule has 0 fully saturated rings. The van der Waals surface area contributed by atoms with Crippen LogP contribution in [0, 0.1) is 0 Å². The van der Waals surface area contributed by atoms with Crippen molar-refractivity contribution in [2.24, 2.45) is 5.73 Å². The Morgan fingerprint density at radius 2 is 1.59 bits per heavy atom. The zero-order chi connectivity index (χ0) is 13.7. The molecule has 0 aromatic rings. The van der Waals surface area contributed by atoms with E-state index in [2.05, 4.69) is 46.4 Å². The molecule has 0 spiro atoms. The second-order valence-corrected chi connectivity index (χ2v) is 5.93. The van der Waals surface area contributed by atoms with Crippen molar-refractivity contribution in [3.63, 3.8) is 0 Å². The zero-order valence-corrected chi connectivity index (χ0v) is 12.8. The maximum absolute atomic E-state index is 6.37. The quantitative estimate of drug-likeness (QED) is 0.713. The maximum Gasteiger partial charge on any atom is 0.0623 e. The number of methoxy groups -OCH3 is 1. The minimum atomic E-state index is -0.0725. The van der Waals surface area contributed by atoms with Gasteiger partial charge in [-0.2, -0.15) is 0 Å². The first-order valence-electron chi connectivity index (χ1n) is 6.77. The molecular formula is C14H32N2O. The number of hydrogen-bond donors (Lipinski definition) is 1. The highest BCUT2D eigenvalue weighted by Crippen LogP contribution is 2.24. The molecule has 0 aliphatic rings. The SMILES string of the molecule is CCN(CC)C(C)(C)C(N)CCC(C)(C)OC. The molecule has 0 bridgehead atoms. The van der Waals surface area contributed by atoms with Gasteiger partial charge >= 0.3 is 0 Å². The highest BCUT2D eigenvalue weighted by Gasteiger charge is 2.32. The predicted octanol–water partition coefficient (Wildman–Crippen LogP) is 2.64. The van der Waals surface area contributed by atoms with Crippen molar-refractivity contribution in [3.8, 4) is 0 Å². The van der Waals surface area contributed by atoms with Gasteiger partial charge in [0, 0.05) is 18.7 Å². The molecule has 0 heterocycles. The summed E-state index contributed by atoms with van der Waals surface area (Å²) in [5.41, 5.74) is 6.34. The van der Waals surface area contributed by atoms with E-state index >= 15 is 0 Å². The summed E-state index contributed by atoms with van der Waals surface area (Å²) in [6.45, 7) is 15.2. The van der Waals surface area contributed by atoms with E-state index < -0.39 is 0 Å². The summed E-state index contributed by atoms with van der Waals surface area (Å²) in [6.07, 6.45) is 1.99. The molecule has 1 atom stereocenters. The summed E-state index contributed by atoms with van der Waals surface area (Å²) >= 11 is 0. The van der Waals surface area contributed by atoms with Gasteiger partial charge in [-0.15, -0.1) is 0 Å². The summed E-state index contributed by atoms with van der Waals surface area (Å²) in [5.74, 6) is 0. The van der Waals surface area contributed by atoms with Crippen molar-refractivity contribution in [1.82, 2.24) is 4.90 Å². The monoisotopic (exact) mass is 244 g/mol. The van der Waals surface area contributed by atoms with Crippen molar-refractivity contribution in [1.29, 1.82) is 0 Å². The van der Waals surface area contributed by atoms with E-state index in [4.69, 9.17) is 10.5 Å². The lowest BCUT2D eigenvalue weighted by molar-refractivity contribution is 0.00632. The first-order chi connectivity index (χ1) is 7.71. The summed E-state index contributed by atoms with van der Waals surface area (Å²) < 4.78 is 5.44. The fourth-order valence-corrected chi connectivity index (χ4v) is 2.23. The number of ether oxygens (including phenoxy) is 1. The van der Waals surface area contributed by atoms with E-state index in [0.717, 1.165) is 25.9 Å². The Bertz CT molecular complexity index is 210. The van der Waals surface area contributed by atoms with E-state index in [0.29, 0.717) is 0 Å². The second kappa shape index (κ2) is 6.72. The van der Waals surface area contributed by atoms with Crippen LogP contribution >= 0.6 is 0 Å². The molecule has 104 valence electrons. The molecule has 2 N–H and O–H groups in total. The van der Waals surface area contributed by atoms with Crippen molar-refractivity contribution >= 4 is 0 Å². The van der Waals surface area contributed by atoms with Gasteiger partial charge in [0.2, 0.25) is 0 Å². The lowest BCUT2D eigenvalue weighted by Gasteiger charge is -2.42. The number of likely N-dealkylation sites (N-methyl/N-ethyl adjacent to an activating group) is 1. The lowest BCUT2D eigenvalue weighted by atomic mass is 9.86. The van der Waals surface area contributed by atoms with E-state index in [1.165, 1.54) is 0 Å². The molecule has 0 radical (unpaired) electrons. The summed E-state index contributed by atoms with van der Waals surface area (Å²) in [6, 6.07) is 0.178. The average Bonchev–Trinajstić information content (AvgIpc) is 2.27. The highest BCUT2D eigenvalue weighted by atomic mass is 16.5. The Balaban J connectivity index is 4.43. The van der Waals surface area contributed by atoms with Crippen molar-refractivity contribution in [3.05, 3.63) is 0 Å². The molecule has 3 nitrogen and oxygen atoms in total. The van der Waals surface area contributed by atoms with Gasteiger partial charge in [-0.05, 0) is 53.6 Å². The van der Waals surface area contributed by atoms with Crippen molar-refractivity contribution in [2.45, 2.75) is 71.6 Å². The van der Waals surface area contributed by atoms with Gasteiger partial charge in [-0.1, -0.05) is 13.8 Å². The van der Waals surface area contributed by atoms with Gasteiger partial charge in [0.25, 0.3) is 0 Å². The van der Waals surface area contributed by atoms with Crippen LogP contribution in [0.5, 0.6) is 0 Å². The minimum absolute atomic E-state index is 0.0489. The molecule has 0 amide bonds. The van der Waals surface area contributed by atoms with Crippen LogP contribution in [-0.4, -0.2) is 42.3 Å². The highest BCUT2D eigenvalue weighted by molar-refractivity contribution is 4.92.